The highest BCUT2D eigenvalue weighted by atomic mass is 15.0. The first-order valence-corrected chi connectivity index (χ1v) is 6.15. The third-order valence-electron chi connectivity index (χ3n) is 3.34. The van der Waals surface area contributed by atoms with Crippen LogP contribution in [0.4, 0.5) is 11.5 Å². The van der Waals surface area contributed by atoms with E-state index in [9.17, 15) is 0 Å². The van der Waals surface area contributed by atoms with Gasteiger partial charge in [-0.05, 0) is 37.8 Å². The van der Waals surface area contributed by atoms with Gasteiger partial charge in [0.1, 0.15) is 5.82 Å². The van der Waals surface area contributed by atoms with E-state index in [0.717, 1.165) is 23.1 Å². The Morgan fingerprint density at radius 1 is 1.38 bits per heavy atom. The van der Waals surface area contributed by atoms with E-state index < -0.39 is 0 Å². The summed E-state index contributed by atoms with van der Waals surface area (Å²) < 4.78 is 0. The minimum absolute atomic E-state index is 0.542. The van der Waals surface area contributed by atoms with E-state index in [2.05, 4.69) is 17.2 Å². The van der Waals surface area contributed by atoms with Gasteiger partial charge in [0.05, 0.1) is 5.69 Å². The summed E-state index contributed by atoms with van der Waals surface area (Å²) in [6.07, 6.45) is 5.13. The van der Waals surface area contributed by atoms with Crippen molar-refractivity contribution in [1.82, 2.24) is 4.98 Å². The van der Waals surface area contributed by atoms with Crippen LogP contribution in [0.5, 0.6) is 0 Å². The molecule has 3 N–H and O–H groups in total. The zero-order chi connectivity index (χ0) is 11.5. The molecule has 88 valence electrons. The number of aromatic nitrogens is 1. The maximum atomic E-state index is 5.92. The molecule has 2 unspecified atom stereocenters. The number of hydrogen-bond donors (Lipinski definition) is 2. The molecule has 2 rings (SSSR count). The average Bonchev–Trinajstić information content (AvgIpc) is 2.24. The summed E-state index contributed by atoms with van der Waals surface area (Å²) in [5.41, 5.74) is 7.68. The summed E-state index contributed by atoms with van der Waals surface area (Å²) in [4.78, 5) is 4.46. The van der Waals surface area contributed by atoms with Crippen molar-refractivity contribution in [3.8, 4) is 0 Å². The van der Waals surface area contributed by atoms with E-state index >= 15 is 0 Å². The van der Waals surface area contributed by atoms with Gasteiger partial charge in [-0.25, -0.2) is 4.98 Å². The van der Waals surface area contributed by atoms with Gasteiger partial charge >= 0.3 is 0 Å². The molecule has 2 atom stereocenters. The standard InChI is InChI=1S/C13H21N3/c1-9-4-3-5-11(8-9)16-13-12(14)7-6-10(2)15-13/h6-7,9,11H,3-5,8,14H2,1-2H3,(H,15,16). The van der Waals surface area contributed by atoms with Crippen molar-refractivity contribution in [1.29, 1.82) is 0 Å². The molecule has 0 spiro atoms. The van der Waals surface area contributed by atoms with E-state index in [4.69, 9.17) is 5.73 Å². The molecule has 1 fully saturated rings. The lowest BCUT2D eigenvalue weighted by atomic mass is 9.87. The third kappa shape index (κ3) is 2.65. The van der Waals surface area contributed by atoms with Gasteiger partial charge in [0.2, 0.25) is 0 Å². The Balaban J connectivity index is 2.05. The third-order valence-corrected chi connectivity index (χ3v) is 3.34. The second-order valence-corrected chi connectivity index (χ2v) is 5.00. The molecule has 1 aliphatic rings. The van der Waals surface area contributed by atoms with Crippen LogP contribution >= 0.6 is 0 Å². The van der Waals surface area contributed by atoms with Crippen molar-refractivity contribution in [2.45, 2.75) is 45.6 Å². The first-order valence-electron chi connectivity index (χ1n) is 6.15. The quantitative estimate of drug-likeness (QED) is 0.804. The molecule has 0 amide bonds. The molecule has 0 aliphatic heterocycles. The molecule has 0 radical (unpaired) electrons. The minimum Gasteiger partial charge on any atom is -0.396 e. The Kier molecular flexibility index (Phi) is 3.32. The Labute approximate surface area is 97.5 Å². The number of nitrogens with zero attached hydrogens (tertiary/aromatic N) is 1. The zero-order valence-electron chi connectivity index (χ0n) is 10.2. The SMILES string of the molecule is Cc1ccc(N)c(NC2CCCC(C)C2)n1. The molecule has 1 saturated carbocycles. The molecule has 0 saturated heterocycles. The normalized spacial score (nSPS) is 25.4. The lowest BCUT2D eigenvalue weighted by Gasteiger charge is -2.28. The number of nitrogens with two attached hydrogens (primary N) is 1. The molecule has 1 aromatic rings. The van der Waals surface area contributed by atoms with E-state index in [1.54, 1.807) is 0 Å². The van der Waals surface area contributed by atoms with Gasteiger partial charge in [-0.15, -0.1) is 0 Å². The first-order chi connectivity index (χ1) is 7.65. The smallest absolute Gasteiger partial charge is 0.149 e. The van der Waals surface area contributed by atoms with E-state index in [1.165, 1.54) is 25.7 Å². The van der Waals surface area contributed by atoms with E-state index in [1.807, 2.05) is 19.1 Å². The molecule has 3 nitrogen and oxygen atoms in total. The highest BCUT2D eigenvalue weighted by molar-refractivity contribution is 5.61. The van der Waals surface area contributed by atoms with Gasteiger partial charge in [-0.2, -0.15) is 0 Å². The van der Waals surface area contributed by atoms with Crippen LogP contribution in [0.25, 0.3) is 0 Å². The summed E-state index contributed by atoms with van der Waals surface area (Å²) in [5.74, 6) is 1.68. The van der Waals surface area contributed by atoms with E-state index in [0.29, 0.717) is 6.04 Å². The zero-order valence-corrected chi connectivity index (χ0v) is 10.2. The van der Waals surface area contributed by atoms with Gasteiger partial charge in [0.15, 0.2) is 0 Å². The summed E-state index contributed by atoms with van der Waals surface area (Å²) in [6.45, 7) is 4.31. The Bertz CT molecular complexity index is 362. The van der Waals surface area contributed by atoms with Gasteiger partial charge < -0.3 is 11.1 Å². The molecule has 1 aliphatic carbocycles. The van der Waals surface area contributed by atoms with Crippen LogP contribution in [-0.4, -0.2) is 11.0 Å². The van der Waals surface area contributed by atoms with Crippen LogP contribution in [0.15, 0.2) is 12.1 Å². The fourth-order valence-electron chi connectivity index (χ4n) is 2.44. The van der Waals surface area contributed by atoms with Gasteiger partial charge in [-0.3, -0.25) is 0 Å². The van der Waals surface area contributed by atoms with Crippen LogP contribution in [0.3, 0.4) is 0 Å². The molecule has 0 bridgehead atoms. The number of anilines is 2. The van der Waals surface area contributed by atoms with Crippen molar-refractivity contribution in [3.05, 3.63) is 17.8 Å². The predicted octanol–water partition coefficient (Wildman–Crippen LogP) is 2.96. The maximum absolute atomic E-state index is 5.92. The lowest BCUT2D eigenvalue weighted by molar-refractivity contribution is 0.358. The summed E-state index contributed by atoms with van der Waals surface area (Å²) >= 11 is 0. The highest BCUT2D eigenvalue weighted by Crippen LogP contribution is 2.27. The maximum Gasteiger partial charge on any atom is 0.149 e. The summed E-state index contributed by atoms with van der Waals surface area (Å²) in [5, 5.41) is 3.48. The number of aryl methyl sites for hydroxylation is 1. The summed E-state index contributed by atoms with van der Waals surface area (Å²) in [6, 6.07) is 4.42. The fraction of sp³-hybridized carbons (Fsp3) is 0.615. The summed E-state index contributed by atoms with van der Waals surface area (Å²) in [7, 11) is 0. The topological polar surface area (TPSA) is 50.9 Å². The van der Waals surface area contributed by atoms with Crippen molar-refractivity contribution in [2.24, 2.45) is 5.92 Å². The van der Waals surface area contributed by atoms with E-state index in [-0.39, 0.29) is 0 Å². The van der Waals surface area contributed by atoms with Crippen LogP contribution in [0, 0.1) is 12.8 Å². The number of nitrogen functional groups attached to an aromatic ring is 1. The van der Waals surface area contributed by atoms with Crippen LogP contribution < -0.4 is 11.1 Å². The van der Waals surface area contributed by atoms with Crippen molar-refractivity contribution < 1.29 is 0 Å². The predicted molar refractivity (Wildman–Crippen MR) is 68.4 cm³/mol. The minimum atomic E-state index is 0.542. The molecule has 1 heterocycles. The Morgan fingerprint density at radius 2 is 2.19 bits per heavy atom. The molecule has 3 heteroatoms. The average molecular weight is 219 g/mol. The first kappa shape index (κ1) is 11.2. The second kappa shape index (κ2) is 4.73. The van der Waals surface area contributed by atoms with Gasteiger partial charge in [0.25, 0.3) is 0 Å². The number of pyridine rings is 1. The van der Waals surface area contributed by atoms with Crippen molar-refractivity contribution >= 4 is 11.5 Å². The van der Waals surface area contributed by atoms with Gasteiger partial charge in [0, 0.05) is 11.7 Å². The monoisotopic (exact) mass is 219 g/mol. The molecule has 0 aromatic carbocycles. The largest absolute Gasteiger partial charge is 0.396 e. The van der Waals surface area contributed by atoms with Crippen molar-refractivity contribution in [2.75, 3.05) is 11.1 Å². The van der Waals surface area contributed by atoms with Crippen molar-refractivity contribution in [3.63, 3.8) is 0 Å². The molecular weight excluding hydrogens is 198 g/mol. The molecule has 16 heavy (non-hydrogen) atoms. The Morgan fingerprint density at radius 3 is 2.94 bits per heavy atom. The molecule has 1 aromatic heterocycles. The van der Waals surface area contributed by atoms with Crippen LogP contribution in [-0.2, 0) is 0 Å². The second-order valence-electron chi connectivity index (χ2n) is 5.00. The number of hydrogen-bond acceptors (Lipinski definition) is 3. The highest BCUT2D eigenvalue weighted by Gasteiger charge is 2.19. The Hall–Kier alpha value is -1.25. The molecular formula is C13H21N3. The van der Waals surface area contributed by atoms with Crippen LogP contribution in [0.1, 0.15) is 38.3 Å². The lowest BCUT2D eigenvalue weighted by Crippen LogP contribution is -2.27. The van der Waals surface area contributed by atoms with Gasteiger partial charge in [-0.1, -0.05) is 19.8 Å². The number of nitrogens with one attached hydrogen (secondary N) is 1. The fourth-order valence-corrected chi connectivity index (χ4v) is 2.44. The van der Waals surface area contributed by atoms with Crippen LogP contribution in [0.2, 0.25) is 0 Å². The number of rotatable bonds is 2.